The minimum Gasteiger partial charge on any atom is -0.488 e. The molecule has 2 heterocycles. The number of halogens is 1. The smallest absolute Gasteiger partial charge is 0.219 e. The molecule has 174 valence electrons. The SMILES string of the molecule is OC[C@]1(O)O[C@@H](c2ccc(Cl)c(Cc3ccc(OC4CCOC4)cc3)c2)[C@H](O)[C@@H](O)[C@@H]1O. The quantitative estimate of drug-likeness (QED) is 0.425. The maximum Gasteiger partial charge on any atom is 0.219 e. The molecule has 9 heteroatoms. The summed E-state index contributed by atoms with van der Waals surface area (Å²) in [6, 6.07) is 12.6. The van der Waals surface area contributed by atoms with Crippen molar-refractivity contribution < 1.29 is 39.7 Å². The van der Waals surface area contributed by atoms with Gasteiger partial charge in [-0.2, -0.15) is 0 Å². The Bertz CT molecular complexity index is 917. The van der Waals surface area contributed by atoms with Crippen LogP contribution in [0.4, 0.5) is 0 Å². The second kappa shape index (κ2) is 9.62. The van der Waals surface area contributed by atoms with Crippen molar-refractivity contribution in [2.45, 2.75) is 49.1 Å². The van der Waals surface area contributed by atoms with Crippen LogP contribution in [0.2, 0.25) is 5.02 Å². The minimum absolute atomic E-state index is 0.0698. The zero-order valence-electron chi connectivity index (χ0n) is 17.3. The van der Waals surface area contributed by atoms with E-state index in [2.05, 4.69) is 0 Å². The normalized spacial score (nSPS) is 32.8. The molecule has 0 radical (unpaired) electrons. The number of ether oxygens (including phenoxy) is 3. The van der Waals surface area contributed by atoms with Crippen LogP contribution in [0.5, 0.6) is 5.75 Å². The van der Waals surface area contributed by atoms with Crippen LogP contribution in [0, 0.1) is 0 Å². The summed E-state index contributed by atoms with van der Waals surface area (Å²) in [5.41, 5.74) is 2.16. The summed E-state index contributed by atoms with van der Waals surface area (Å²) in [5, 5.41) is 50.7. The van der Waals surface area contributed by atoms with Crippen molar-refractivity contribution in [3.63, 3.8) is 0 Å². The Labute approximate surface area is 190 Å². The molecule has 2 aromatic carbocycles. The van der Waals surface area contributed by atoms with Gasteiger partial charge in [0.25, 0.3) is 0 Å². The molecule has 0 bridgehead atoms. The molecule has 0 amide bonds. The van der Waals surface area contributed by atoms with Gasteiger partial charge in [-0.3, -0.25) is 0 Å². The Hall–Kier alpha value is -1.75. The molecule has 2 aromatic rings. The van der Waals surface area contributed by atoms with Gasteiger partial charge in [0, 0.05) is 11.4 Å². The van der Waals surface area contributed by atoms with E-state index in [-0.39, 0.29) is 6.10 Å². The maximum absolute atomic E-state index is 10.4. The van der Waals surface area contributed by atoms with Gasteiger partial charge in [0.15, 0.2) is 0 Å². The van der Waals surface area contributed by atoms with Gasteiger partial charge in [-0.15, -0.1) is 0 Å². The van der Waals surface area contributed by atoms with Gasteiger partial charge in [-0.25, -0.2) is 0 Å². The standard InChI is InChI=1S/C23H27ClO8/c24-18-6-3-14(21-19(26)20(27)22(28)23(29,12-25)32-21)10-15(18)9-13-1-4-16(5-2-13)31-17-7-8-30-11-17/h1-6,10,17,19-22,25-29H,7-9,11-12H2/t17?,19-,20-,21+,22+,23+/m1/s1. The molecular weight excluding hydrogens is 440 g/mol. The molecule has 0 aliphatic carbocycles. The van der Waals surface area contributed by atoms with Gasteiger partial charge < -0.3 is 39.7 Å². The number of hydrogen-bond donors (Lipinski definition) is 5. The summed E-state index contributed by atoms with van der Waals surface area (Å²) >= 11 is 6.38. The van der Waals surface area contributed by atoms with Crippen molar-refractivity contribution in [3.05, 3.63) is 64.2 Å². The summed E-state index contributed by atoms with van der Waals surface area (Å²) in [6.45, 7) is 0.357. The molecular formula is C23H27ClO8. The zero-order valence-corrected chi connectivity index (χ0v) is 18.1. The Morgan fingerprint density at radius 2 is 1.81 bits per heavy atom. The number of aliphatic hydroxyl groups is 5. The van der Waals surface area contributed by atoms with Crippen molar-refractivity contribution in [3.8, 4) is 5.75 Å². The van der Waals surface area contributed by atoms with Gasteiger partial charge in [0.1, 0.15) is 36.3 Å². The van der Waals surface area contributed by atoms with E-state index in [0.29, 0.717) is 30.2 Å². The van der Waals surface area contributed by atoms with Crippen LogP contribution in [0.1, 0.15) is 29.2 Å². The molecule has 0 aromatic heterocycles. The minimum atomic E-state index is -2.40. The number of benzene rings is 2. The maximum atomic E-state index is 10.4. The van der Waals surface area contributed by atoms with Crippen LogP contribution in [0.15, 0.2) is 42.5 Å². The predicted octanol–water partition coefficient (Wildman–Crippen LogP) is 0.933. The van der Waals surface area contributed by atoms with Gasteiger partial charge in [-0.1, -0.05) is 35.9 Å². The highest BCUT2D eigenvalue weighted by Crippen LogP contribution is 2.38. The van der Waals surface area contributed by atoms with Crippen molar-refractivity contribution in [2.24, 2.45) is 0 Å². The fourth-order valence-corrected chi connectivity index (χ4v) is 4.18. The highest BCUT2D eigenvalue weighted by Gasteiger charge is 2.52. The van der Waals surface area contributed by atoms with E-state index < -0.39 is 36.8 Å². The Kier molecular flexibility index (Phi) is 7.04. The third-order valence-corrected chi connectivity index (χ3v) is 6.28. The first kappa shape index (κ1) is 23.4. The van der Waals surface area contributed by atoms with Gasteiger partial charge >= 0.3 is 0 Å². The largest absolute Gasteiger partial charge is 0.488 e. The second-order valence-corrected chi connectivity index (χ2v) is 8.65. The van der Waals surface area contributed by atoms with Crippen molar-refractivity contribution in [2.75, 3.05) is 19.8 Å². The summed E-state index contributed by atoms with van der Waals surface area (Å²) < 4.78 is 16.6. The van der Waals surface area contributed by atoms with E-state index in [0.717, 1.165) is 23.3 Å². The fraction of sp³-hybridized carbons (Fsp3) is 0.478. The van der Waals surface area contributed by atoms with Crippen LogP contribution in [-0.4, -0.2) is 75.6 Å². The summed E-state index contributed by atoms with van der Waals surface area (Å²) in [5.74, 6) is -1.64. The second-order valence-electron chi connectivity index (χ2n) is 8.24. The molecule has 0 saturated carbocycles. The first-order valence-corrected chi connectivity index (χ1v) is 10.9. The molecule has 32 heavy (non-hydrogen) atoms. The molecule has 2 aliphatic heterocycles. The van der Waals surface area contributed by atoms with E-state index in [1.165, 1.54) is 0 Å². The van der Waals surface area contributed by atoms with Crippen molar-refractivity contribution in [1.29, 1.82) is 0 Å². The zero-order chi connectivity index (χ0) is 22.9. The van der Waals surface area contributed by atoms with E-state index >= 15 is 0 Å². The average Bonchev–Trinajstić information content (AvgIpc) is 3.31. The molecule has 0 spiro atoms. The molecule has 2 fully saturated rings. The highest BCUT2D eigenvalue weighted by molar-refractivity contribution is 6.31. The Balaban J connectivity index is 1.51. The van der Waals surface area contributed by atoms with Gasteiger partial charge in [0.2, 0.25) is 5.79 Å². The molecule has 5 N–H and O–H groups in total. The van der Waals surface area contributed by atoms with Crippen LogP contribution in [0.3, 0.4) is 0 Å². The summed E-state index contributed by atoms with van der Waals surface area (Å²) in [7, 11) is 0. The van der Waals surface area contributed by atoms with Crippen molar-refractivity contribution >= 4 is 11.6 Å². The van der Waals surface area contributed by atoms with Crippen LogP contribution < -0.4 is 4.74 Å². The van der Waals surface area contributed by atoms with E-state index in [1.807, 2.05) is 24.3 Å². The molecule has 4 rings (SSSR count). The number of hydrogen-bond acceptors (Lipinski definition) is 8. The van der Waals surface area contributed by atoms with E-state index in [9.17, 15) is 25.5 Å². The average molecular weight is 467 g/mol. The third-order valence-electron chi connectivity index (χ3n) is 5.91. The molecule has 2 saturated heterocycles. The lowest BCUT2D eigenvalue weighted by Gasteiger charge is -2.45. The van der Waals surface area contributed by atoms with Crippen LogP contribution in [0.25, 0.3) is 0 Å². The lowest BCUT2D eigenvalue weighted by Crippen LogP contribution is -2.63. The topological polar surface area (TPSA) is 129 Å². The number of rotatable bonds is 6. The summed E-state index contributed by atoms with van der Waals surface area (Å²) in [6.07, 6.45) is -4.83. The molecule has 2 aliphatic rings. The lowest BCUT2D eigenvalue weighted by atomic mass is 9.88. The predicted molar refractivity (Wildman–Crippen MR) is 114 cm³/mol. The van der Waals surface area contributed by atoms with Crippen molar-refractivity contribution in [1.82, 2.24) is 0 Å². The fourth-order valence-electron chi connectivity index (χ4n) is 4.00. The molecule has 8 nitrogen and oxygen atoms in total. The third kappa shape index (κ3) is 4.78. The van der Waals surface area contributed by atoms with Gasteiger partial charge in [0.05, 0.1) is 19.8 Å². The summed E-state index contributed by atoms with van der Waals surface area (Å²) in [4.78, 5) is 0. The first-order valence-electron chi connectivity index (χ1n) is 10.5. The van der Waals surface area contributed by atoms with Crippen LogP contribution in [-0.2, 0) is 15.9 Å². The van der Waals surface area contributed by atoms with E-state index in [1.54, 1.807) is 18.2 Å². The van der Waals surface area contributed by atoms with Gasteiger partial charge in [-0.05, 0) is 41.3 Å². The Morgan fingerprint density at radius 1 is 1.06 bits per heavy atom. The van der Waals surface area contributed by atoms with Crippen LogP contribution >= 0.6 is 11.6 Å². The number of aliphatic hydroxyl groups excluding tert-OH is 4. The lowest BCUT2D eigenvalue weighted by molar-refractivity contribution is -0.357. The highest BCUT2D eigenvalue weighted by atomic mass is 35.5. The Morgan fingerprint density at radius 3 is 2.47 bits per heavy atom. The molecule has 6 atom stereocenters. The monoisotopic (exact) mass is 466 g/mol. The van der Waals surface area contributed by atoms with E-state index in [4.69, 9.17) is 25.8 Å². The molecule has 1 unspecified atom stereocenters. The first-order chi connectivity index (χ1) is 15.3.